The molecular weight excluding hydrogens is 547 g/mol. The van der Waals surface area contributed by atoms with Gasteiger partial charge in [0, 0.05) is 37.6 Å². The van der Waals surface area contributed by atoms with Crippen LogP contribution in [-0.4, -0.2) is 67.4 Å². The van der Waals surface area contributed by atoms with Gasteiger partial charge in [0.05, 0.1) is 22.8 Å². The number of rotatable bonds is 7. The number of nitrogens with one attached hydrogen (secondary N) is 1. The van der Waals surface area contributed by atoms with Crippen molar-refractivity contribution in [2.45, 2.75) is 58.2 Å². The molecule has 0 radical (unpaired) electrons. The van der Waals surface area contributed by atoms with Crippen LogP contribution in [0.5, 0.6) is 0 Å². The van der Waals surface area contributed by atoms with Crippen molar-refractivity contribution < 1.29 is 18.7 Å². The third-order valence-electron chi connectivity index (χ3n) is 7.70. The number of alkyl halides is 1. The summed E-state index contributed by atoms with van der Waals surface area (Å²) < 4.78 is 23.4. The summed E-state index contributed by atoms with van der Waals surface area (Å²) in [7, 11) is 1.99. The average Bonchev–Trinajstić information content (AvgIpc) is 3.59. The number of amides is 2. The van der Waals surface area contributed by atoms with Crippen molar-refractivity contribution >= 4 is 45.7 Å². The Kier molecular flexibility index (Phi) is 6.92. The second-order valence-corrected chi connectivity index (χ2v) is 12.5. The molecule has 1 fully saturated rings. The number of pyridine rings is 1. The summed E-state index contributed by atoms with van der Waals surface area (Å²) in [4.78, 5) is 36.9. The molecule has 9 nitrogen and oxygen atoms in total. The Morgan fingerprint density at radius 3 is 2.71 bits per heavy atom. The molecular formula is C30H34ClFN6O3. The predicted octanol–water partition coefficient (Wildman–Crippen LogP) is 5.51. The first-order valence-electron chi connectivity index (χ1n) is 14.0. The number of hydrogen-bond donors (Lipinski definition) is 1. The number of carbonyl (C=O) groups is 2. The maximum atomic E-state index is 13.8. The van der Waals surface area contributed by atoms with E-state index in [4.69, 9.17) is 21.3 Å². The number of aromatic nitrogens is 4. The number of alkyl carbamates (subject to hydrolysis) is 1. The van der Waals surface area contributed by atoms with Crippen molar-refractivity contribution in [1.29, 1.82) is 0 Å². The Hall–Kier alpha value is -3.66. The molecule has 0 bridgehead atoms. The van der Waals surface area contributed by atoms with Gasteiger partial charge in [-0.1, -0.05) is 11.6 Å². The lowest BCUT2D eigenvalue weighted by atomic mass is 9.97. The largest absolute Gasteiger partial charge is 0.444 e. The number of carbonyl (C=O) groups excluding carboxylic acids is 2. The van der Waals surface area contributed by atoms with Gasteiger partial charge >= 0.3 is 6.09 Å². The second kappa shape index (κ2) is 10.3. The number of halogens is 2. The van der Waals surface area contributed by atoms with Crippen LogP contribution in [0, 0.1) is 5.92 Å². The molecule has 4 aromatic rings. The first-order chi connectivity index (χ1) is 19.5. The zero-order chi connectivity index (χ0) is 29.1. The summed E-state index contributed by atoms with van der Waals surface area (Å²) in [5.74, 6) is 1.21. The second-order valence-electron chi connectivity index (χ2n) is 12.1. The SMILES string of the molecule is Cn1c(-c2cc3ccc(Cl)nc3n2CC2CC2)nc2cc3c(cc21)CCN(C[C@@H](CF)NC(=O)OC(C)(C)C)C3=O. The van der Waals surface area contributed by atoms with E-state index >= 15 is 0 Å². The minimum Gasteiger partial charge on any atom is -0.444 e. The van der Waals surface area contributed by atoms with E-state index in [9.17, 15) is 14.0 Å². The van der Waals surface area contributed by atoms with Crippen LogP contribution in [0.1, 0.15) is 49.5 Å². The van der Waals surface area contributed by atoms with Gasteiger partial charge in [-0.2, -0.15) is 0 Å². The Balaban J connectivity index is 1.30. The number of benzene rings is 1. The topological polar surface area (TPSA) is 94.3 Å². The molecule has 1 aromatic carbocycles. The molecule has 4 heterocycles. The van der Waals surface area contributed by atoms with Crippen molar-refractivity contribution in [2.24, 2.45) is 13.0 Å². The normalized spacial score (nSPS) is 16.3. The number of hydrogen-bond acceptors (Lipinski definition) is 5. The molecule has 216 valence electrons. The first kappa shape index (κ1) is 27.5. The summed E-state index contributed by atoms with van der Waals surface area (Å²) in [5, 5.41) is 4.01. The molecule has 11 heteroatoms. The van der Waals surface area contributed by atoms with Gasteiger partial charge in [-0.3, -0.25) is 4.79 Å². The third kappa shape index (κ3) is 5.49. The molecule has 3 aromatic heterocycles. The minimum absolute atomic E-state index is 0.0519. The molecule has 1 N–H and O–H groups in total. The first-order valence-corrected chi connectivity index (χ1v) is 14.4. The van der Waals surface area contributed by atoms with Crippen molar-refractivity contribution in [3.8, 4) is 11.5 Å². The van der Waals surface area contributed by atoms with E-state index in [2.05, 4.69) is 25.5 Å². The van der Waals surface area contributed by atoms with Crippen LogP contribution in [-0.2, 0) is 24.8 Å². The zero-order valence-electron chi connectivity index (χ0n) is 23.7. The lowest BCUT2D eigenvalue weighted by molar-refractivity contribution is 0.0466. The van der Waals surface area contributed by atoms with Gasteiger partial charge in [-0.15, -0.1) is 0 Å². The van der Waals surface area contributed by atoms with E-state index in [1.165, 1.54) is 12.8 Å². The van der Waals surface area contributed by atoms with Crippen LogP contribution in [0.2, 0.25) is 5.15 Å². The number of ether oxygens (including phenoxy) is 1. The van der Waals surface area contributed by atoms with Gasteiger partial charge in [-0.05, 0) is 81.8 Å². The highest BCUT2D eigenvalue weighted by Crippen LogP contribution is 2.37. The van der Waals surface area contributed by atoms with Crippen LogP contribution in [0.3, 0.4) is 0 Å². The summed E-state index contributed by atoms with van der Waals surface area (Å²) in [6.45, 7) is 5.74. The standard InChI is InChI=1S/C30H34ClFN6O3/c1-30(2,3)41-29(40)33-20(14-32)16-37-10-9-18-11-23-22(13-21(18)28(37)39)34-27(36(23)4)24-12-19-7-8-25(31)35-26(19)38(24)15-17-5-6-17/h7-8,11-13,17,20H,5-6,9-10,14-16H2,1-4H3,(H,33,40)/t20-/m1/s1. The molecule has 6 rings (SSSR count). The van der Waals surface area contributed by atoms with Gasteiger partial charge in [0.2, 0.25) is 0 Å². The number of imidazole rings is 1. The van der Waals surface area contributed by atoms with Gasteiger partial charge in [-0.25, -0.2) is 19.2 Å². The molecule has 41 heavy (non-hydrogen) atoms. The smallest absolute Gasteiger partial charge is 0.408 e. The Labute approximate surface area is 242 Å². The van der Waals surface area contributed by atoms with E-state index in [1.54, 1.807) is 31.7 Å². The van der Waals surface area contributed by atoms with Crippen LogP contribution in [0.4, 0.5) is 9.18 Å². The van der Waals surface area contributed by atoms with Crippen LogP contribution < -0.4 is 5.32 Å². The lowest BCUT2D eigenvalue weighted by Gasteiger charge is -2.31. The van der Waals surface area contributed by atoms with Crippen molar-refractivity contribution in [1.82, 2.24) is 29.3 Å². The van der Waals surface area contributed by atoms with Crippen LogP contribution in [0.15, 0.2) is 30.3 Å². The molecule has 0 unspecified atom stereocenters. The highest BCUT2D eigenvalue weighted by molar-refractivity contribution is 6.29. The summed E-state index contributed by atoms with van der Waals surface area (Å²) in [6, 6.07) is 8.88. The predicted molar refractivity (Wildman–Crippen MR) is 156 cm³/mol. The van der Waals surface area contributed by atoms with Gasteiger partial charge in [0.15, 0.2) is 5.82 Å². The van der Waals surface area contributed by atoms with E-state index in [0.717, 1.165) is 40.2 Å². The lowest BCUT2D eigenvalue weighted by Crippen LogP contribution is -2.50. The number of nitrogens with zero attached hydrogens (tertiary/aromatic N) is 5. The maximum absolute atomic E-state index is 13.8. The quantitative estimate of drug-likeness (QED) is 0.291. The van der Waals surface area contributed by atoms with Gasteiger partial charge in [0.1, 0.15) is 23.1 Å². The van der Waals surface area contributed by atoms with E-state index in [0.29, 0.717) is 35.1 Å². The Morgan fingerprint density at radius 2 is 2.00 bits per heavy atom. The number of fused-ring (bicyclic) bond motifs is 3. The third-order valence-corrected chi connectivity index (χ3v) is 7.91. The fourth-order valence-electron chi connectivity index (χ4n) is 5.52. The van der Waals surface area contributed by atoms with E-state index in [1.807, 2.05) is 25.2 Å². The molecule has 1 atom stereocenters. The van der Waals surface area contributed by atoms with E-state index in [-0.39, 0.29) is 12.5 Å². The van der Waals surface area contributed by atoms with Gasteiger partial charge < -0.3 is 24.1 Å². The zero-order valence-corrected chi connectivity index (χ0v) is 24.5. The fourth-order valence-corrected chi connectivity index (χ4v) is 5.67. The molecule has 1 saturated carbocycles. The molecule has 1 aliphatic carbocycles. The Bertz CT molecular complexity index is 1670. The molecule has 0 saturated heterocycles. The van der Waals surface area contributed by atoms with Crippen molar-refractivity contribution in [3.05, 3.63) is 46.6 Å². The summed E-state index contributed by atoms with van der Waals surface area (Å²) >= 11 is 6.25. The minimum atomic E-state index is -0.865. The van der Waals surface area contributed by atoms with Crippen LogP contribution >= 0.6 is 11.6 Å². The molecule has 1 aliphatic heterocycles. The van der Waals surface area contributed by atoms with Crippen molar-refractivity contribution in [3.63, 3.8) is 0 Å². The summed E-state index contributed by atoms with van der Waals surface area (Å²) in [5.41, 5.74) is 4.23. The molecule has 2 amide bonds. The van der Waals surface area contributed by atoms with Gasteiger partial charge in [0.25, 0.3) is 5.91 Å². The van der Waals surface area contributed by atoms with E-state index < -0.39 is 24.4 Å². The van der Waals surface area contributed by atoms with Crippen molar-refractivity contribution in [2.75, 3.05) is 19.8 Å². The summed E-state index contributed by atoms with van der Waals surface area (Å²) in [6.07, 6.45) is 2.31. The highest BCUT2D eigenvalue weighted by Gasteiger charge is 2.30. The van der Waals surface area contributed by atoms with Crippen LogP contribution in [0.25, 0.3) is 33.6 Å². The average molecular weight is 581 g/mol. The maximum Gasteiger partial charge on any atom is 0.408 e. The fraction of sp³-hybridized carbons (Fsp3) is 0.467. The molecule has 2 aliphatic rings. The molecule has 0 spiro atoms. The number of aryl methyl sites for hydroxylation is 1. The highest BCUT2D eigenvalue weighted by atomic mass is 35.5. The Morgan fingerprint density at radius 1 is 1.22 bits per heavy atom. The monoisotopic (exact) mass is 580 g/mol.